The molecule has 2 aromatic rings. The molecular formula is C27H31F2N5O4. The third-order valence-corrected chi connectivity index (χ3v) is 4.94. The summed E-state index contributed by atoms with van der Waals surface area (Å²) in [5.41, 5.74) is 3.20. The molecule has 0 atom stereocenters. The van der Waals surface area contributed by atoms with Gasteiger partial charge in [-0.25, -0.2) is 18.7 Å². The summed E-state index contributed by atoms with van der Waals surface area (Å²) in [6.45, 7) is 9.17. The topological polar surface area (TPSA) is 132 Å². The number of allylic oxidation sites excluding steroid dienone is 4. The van der Waals surface area contributed by atoms with Crippen molar-refractivity contribution in [1.82, 2.24) is 15.3 Å². The zero-order chi connectivity index (χ0) is 28.2. The zero-order valence-electron chi connectivity index (χ0n) is 20.9. The van der Waals surface area contributed by atoms with Crippen LogP contribution in [0.15, 0.2) is 74.5 Å². The second-order valence-electron chi connectivity index (χ2n) is 7.24. The lowest BCUT2D eigenvalue weighted by atomic mass is 10.1. The predicted molar refractivity (Wildman–Crippen MR) is 142 cm³/mol. The molecule has 0 spiro atoms. The van der Waals surface area contributed by atoms with E-state index in [1.54, 1.807) is 41.3 Å². The second-order valence-corrected chi connectivity index (χ2v) is 7.24. The van der Waals surface area contributed by atoms with Gasteiger partial charge in [0.1, 0.15) is 12.1 Å². The highest BCUT2D eigenvalue weighted by Gasteiger charge is 2.29. The first-order chi connectivity index (χ1) is 18.5. The Morgan fingerprint density at radius 1 is 1.18 bits per heavy atom. The van der Waals surface area contributed by atoms with Crippen LogP contribution in [0.4, 0.5) is 14.6 Å². The van der Waals surface area contributed by atoms with E-state index >= 15 is 0 Å². The Labute approximate surface area is 220 Å². The first-order valence-corrected chi connectivity index (χ1v) is 11.5. The van der Waals surface area contributed by atoms with Gasteiger partial charge in [-0.2, -0.15) is 5.26 Å². The highest BCUT2D eigenvalue weighted by molar-refractivity contribution is 6.07. The normalized spacial score (nSPS) is 13.8. The van der Waals surface area contributed by atoms with Crippen molar-refractivity contribution in [2.45, 2.75) is 6.42 Å². The third kappa shape index (κ3) is 9.93. The summed E-state index contributed by atoms with van der Waals surface area (Å²) in [5, 5.41) is 28.5. The molecule has 4 rings (SSSR count). The number of carbonyl (C=O) groups excluding carboxylic acids is 1. The van der Waals surface area contributed by atoms with Gasteiger partial charge in [-0.3, -0.25) is 9.69 Å². The van der Waals surface area contributed by atoms with Crippen LogP contribution < -0.4 is 10.2 Å². The Hall–Kier alpha value is -4.40. The zero-order valence-corrected chi connectivity index (χ0v) is 20.9. The van der Waals surface area contributed by atoms with Gasteiger partial charge in [0.05, 0.1) is 43.1 Å². The summed E-state index contributed by atoms with van der Waals surface area (Å²) < 4.78 is 24.3. The van der Waals surface area contributed by atoms with E-state index in [1.165, 1.54) is 12.4 Å². The molecule has 3 heterocycles. The van der Waals surface area contributed by atoms with E-state index in [2.05, 4.69) is 28.4 Å². The van der Waals surface area contributed by atoms with Crippen molar-refractivity contribution in [3.8, 4) is 6.07 Å². The number of hydrogen-bond donors (Lipinski definition) is 3. The molecular weight excluding hydrogens is 496 g/mol. The van der Waals surface area contributed by atoms with Crippen molar-refractivity contribution < 1.29 is 28.5 Å². The lowest BCUT2D eigenvalue weighted by molar-refractivity contribution is 0.0988. The van der Waals surface area contributed by atoms with Gasteiger partial charge in [-0.05, 0) is 36.8 Å². The molecule has 0 unspecified atom stereocenters. The molecule has 2 aliphatic heterocycles. The molecule has 202 valence electrons. The maximum absolute atomic E-state index is 12.8. The highest BCUT2D eigenvalue weighted by atomic mass is 19.3. The van der Waals surface area contributed by atoms with E-state index in [-0.39, 0.29) is 5.91 Å². The van der Waals surface area contributed by atoms with Crippen molar-refractivity contribution in [2.24, 2.45) is 0 Å². The van der Waals surface area contributed by atoms with Crippen LogP contribution in [-0.2, 0) is 11.2 Å². The Morgan fingerprint density at radius 3 is 2.29 bits per heavy atom. The summed E-state index contributed by atoms with van der Waals surface area (Å²) in [5.74, 6) is 0.385. The van der Waals surface area contributed by atoms with Gasteiger partial charge in [-0.15, -0.1) is 0 Å². The Kier molecular flexibility index (Phi) is 15.7. The Balaban J connectivity index is 0.000000501. The largest absolute Gasteiger partial charge is 0.516 e. The van der Waals surface area contributed by atoms with E-state index in [9.17, 15) is 13.6 Å². The van der Waals surface area contributed by atoms with Crippen LogP contribution in [0, 0.1) is 11.3 Å². The minimum Gasteiger partial charge on any atom is -0.516 e. The van der Waals surface area contributed by atoms with E-state index in [0.29, 0.717) is 41.2 Å². The number of hydrogen-bond acceptors (Lipinski definition) is 8. The number of nitriles is 1. The van der Waals surface area contributed by atoms with E-state index < -0.39 is 6.93 Å². The van der Waals surface area contributed by atoms with E-state index in [1.807, 2.05) is 6.07 Å². The number of aromatic nitrogens is 2. The average molecular weight is 528 g/mol. The monoisotopic (exact) mass is 527 g/mol. The molecule has 1 saturated heterocycles. The number of morpholine rings is 1. The van der Waals surface area contributed by atoms with Gasteiger partial charge in [-0.1, -0.05) is 25.3 Å². The fourth-order valence-electron chi connectivity index (χ4n) is 3.42. The van der Waals surface area contributed by atoms with Crippen molar-refractivity contribution in [3.05, 3.63) is 96.9 Å². The van der Waals surface area contributed by atoms with Gasteiger partial charge in [0.15, 0.2) is 0 Å². The number of alkyl halides is 2. The molecule has 2 aliphatic rings. The molecule has 1 fully saturated rings. The first-order valence-electron chi connectivity index (χ1n) is 11.5. The van der Waals surface area contributed by atoms with Crippen LogP contribution in [0.25, 0.3) is 5.57 Å². The molecule has 0 radical (unpaired) electrons. The Bertz CT molecular complexity index is 1120. The molecule has 38 heavy (non-hydrogen) atoms. The number of aliphatic hydroxyl groups is 2. The number of rotatable bonds is 4. The van der Waals surface area contributed by atoms with Crippen LogP contribution in [0.3, 0.4) is 0 Å². The summed E-state index contributed by atoms with van der Waals surface area (Å²) in [4.78, 5) is 23.0. The van der Waals surface area contributed by atoms with E-state index in [0.717, 1.165) is 44.4 Å². The molecule has 1 aromatic carbocycles. The maximum atomic E-state index is 12.8. The Morgan fingerprint density at radius 2 is 1.82 bits per heavy atom. The number of aliphatic hydroxyl groups excluding tert-OH is 2. The van der Waals surface area contributed by atoms with Crippen LogP contribution in [0.1, 0.15) is 27.2 Å². The van der Waals surface area contributed by atoms with Gasteiger partial charge in [0.2, 0.25) is 6.93 Å². The number of ether oxygens (including phenoxy) is 1. The highest BCUT2D eigenvalue weighted by Crippen LogP contribution is 2.32. The molecule has 3 N–H and O–H groups in total. The van der Waals surface area contributed by atoms with Crippen LogP contribution in [0.5, 0.6) is 0 Å². The van der Waals surface area contributed by atoms with Gasteiger partial charge < -0.3 is 20.3 Å². The third-order valence-electron chi connectivity index (χ3n) is 4.94. The minimum atomic E-state index is -1.75. The lowest BCUT2D eigenvalue weighted by Gasteiger charge is -2.16. The smallest absolute Gasteiger partial charge is 0.259 e. The van der Waals surface area contributed by atoms with Gasteiger partial charge >= 0.3 is 0 Å². The number of fused-ring (bicyclic) bond motifs is 1. The van der Waals surface area contributed by atoms with Gasteiger partial charge in [0, 0.05) is 36.3 Å². The van der Waals surface area contributed by atoms with Crippen molar-refractivity contribution >= 4 is 17.3 Å². The number of benzene rings is 1. The SMILES string of the molecule is C1COCCN1.C=C/C=C(\C=C\O)c1ncnc2c1CCN2C(=O)c1ccc(C#N)cc1.C=CO.FCF. The predicted octanol–water partition coefficient (Wildman–Crippen LogP) is 4.37. The number of halogens is 2. The van der Waals surface area contributed by atoms with Gasteiger partial charge in [0.25, 0.3) is 5.91 Å². The fourth-order valence-corrected chi connectivity index (χ4v) is 3.42. The minimum absolute atomic E-state index is 0.176. The molecule has 11 heteroatoms. The number of nitrogens with zero attached hydrogens (tertiary/aromatic N) is 4. The number of carbonyl (C=O) groups is 1. The first kappa shape index (κ1) is 31.6. The van der Waals surface area contributed by atoms with Crippen LogP contribution >= 0.6 is 0 Å². The summed E-state index contributed by atoms with van der Waals surface area (Å²) in [6, 6.07) is 8.55. The maximum Gasteiger partial charge on any atom is 0.259 e. The number of amides is 1. The van der Waals surface area contributed by atoms with Crippen LogP contribution in [0.2, 0.25) is 0 Å². The average Bonchev–Trinajstić information content (AvgIpc) is 3.39. The summed E-state index contributed by atoms with van der Waals surface area (Å²) >= 11 is 0. The second kappa shape index (κ2) is 18.8. The molecule has 0 bridgehead atoms. The number of anilines is 1. The lowest BCUT2D eigenvalue weighted by Crippen LogP contribution is -2.30. The summed E-state index contributed by atoms with van der Waals surface area (Å²) in [6.07, 6.45) is 8.58. The quantitative estimate of drug-likeness (QED) is 0.395. The summed E-state index contributed by atoms with van der Waals surface area (Å²) in [7, 11) is 0. The number of nitrogens with one attached hydrogen (secondary N) is 1. The van der Waals surface area contributed by atoms with E-state index in [4.69, 9.17) is 20.2 Å². The standard InChI is InChI=1S/C20H16N4O2.C4H9NO.C2H4O.CH2F2/c1-2-3-15(9-11-25)18-17-8-10-24(19(17)23-13-22-18)20(26)16-6-4-14(12-21)5-7-16;1-3-6-4-2-5-1;1-2-3;2-1-3/h2-7,9,11,13,25H,1,8,10H2;5H,1-4H2;2-3H,1H2;1H2/b11-9+,15-3+;;;. The molecule has 0 aliphatic carbocycles. The van der Waals surface area contributed by atoms with Crippen molar-refractivity contribution in [1.29, 1.82) is 5.26 Å². The van der Waals surface area contributed by atoms with Crippen LogP contribution in [-0.4, -0.2) is 65.9 Å². The molecule has 1 amide bonds. The van der Waals surface area contributed by atoms with Crippen molar-refractivity contribution in [3.63, 3.8) is 0 Å². The molecule has 0 saturated carbocycles. The van der Waals surface area contributed by atoms with Crippen molar-refractivity contribution in [2.75, 3.05) is 44.7 Å². The fraction of sp³-hybridized carbons (Fsp3) is 0.259. The molecule has 1 aromatic heterocycles. The molecule has 9 nitrogen and oxygen atoms in total.